The van der Waals surface area contributed by atoms with E-state index in [9.17, 15) is 24.0 Å². The van der Waals surface area contributed by atoms with Crippen LogP contribution < -0.4 is 10.6 Å². The lowest BCUT2D eigenvalue weighted by molar-refractivity contribution is -0.163. The lowest BCUT2D eigenvalue weighted by atomic mass is 9.88. The van der Waals surface area contributed by atoms with Gasteiger partial charge in [-0.25, -0.2) is 4.79 Å². The van der Waals surface area contributed by atoms with Crippen LogP contribution in [0.5, 0.6) is 0 Å². The number of carbonyl (C=O) groups is 5. The van der Waals surface area contributed by atoms with E-state index in [2.05, 4.69) is 24.1 Å². The molecular formula is C33H55N3O7. The van der Waals surface area contributed by atoms with Gasteiger partial charge in [0.1, 0.15) is 12.1 Å². The molecule has 4 atom stereocenters. The Morgan fingerprint density at radius 2 is 1.56 bits per heavy atom. The van der Waals surface area contributed by atoms with Crippen molar-refractivity contribution >= 4 is 29.7 Å². The first-order valence-corrected chi connectivity index (χ1v) is 16.0. The fourth-order valence-corrected chi connectivity index (χ4v) is 5.14. The van der Waals surface area contributed by atoms with Crippen molar-refractivity contribution in [2.75, 3.05) is 20.7 Å². The number of rotatable bonds is 16. The van der Waals surface area contributed by atoms with Gasteiger partial charge in [0.2, 0.25) is 17.7 Å². The molecule has 0 aromatic rings. The number of likely N-dealkylation sites (N-methyl/N-ethyl adjacent to an activating group) is 1. The summed E-state index contributed by atoms with van der Waals surface area (Å²) in [5.74, 6) is -4.06. The largest absolute Gasteiger partial charge is 0.469 e. The van der Waals surface area contributed by atoms with Crippen LogP contribution in [0.15, 0.2) is 24.4 Å². The van der Waals surface area contributed by atoms with Gasteiger partial charge in [0.25, 0.3) is 0 Å². The quantitative estimate of drug-likeness (QED) is 0.188. The molecule has 10 nitrogen and oxygen atoms in total. The molecule has 0 aromatic heterocycles. The highest BCUT2D eigenvalue weighted by atomic mass is 16.5. The van der Waals surface area contributed by atoms with Crippen LogP contribution in [-0.4, -0.2) is 67.4 Å². The standard InChI is InChI=1S/C33H55N3O7/c1-7-8-9-10-11-12-13-14-15-16-17-18-19-24(2)31-26(4)32(40)34-25(3)20-21-29(38)36(5)23-28(37)35-27(33(41)43-31)22-30(39)42-6/h20-21,24,26-27,31H,3,7-19,22-23H2,1-2,4-6H3,(H,34,40)(H,35,37)/b21-20+/t24-,26+,27+,31+/m1/s1. The zero-order valence-corrected chi connectivity index (χ0v) is 27.1. The Kier molecular flexibility index (Phi) is 18.9. The number of unbranched alkanes of at least 4 members (excludes halogenated alkanes) is 11. The molecule has 0 radical (unpaired) electrons. The Hall–Kier alpha value is -3.17. The molecule has 0 fully saturated rings. The Balaban J connectivity index is 2.87. The van der Waals surface area contributed by atoms with Crippen molar-refractivity contribution in [3.05, 3.63) is 24.4 Å². The van der Waals surface area contributed by atoms with Crippen LogP contribution in [0.1, 0.15) is 111 Å². The third-order valence-corrected chi connectivity index (χ3v) is 7.92. The van der Waals surface area contributed by atoms with Gasteiger partial charge in [-0.15, -0.1) is 0 Å². The van der Waals surface area contributed by atoms with Crippen LogP contribution in [0.3, 0.4) is 0 Å². The summed E-state index contributed by atoms with van der Waals surface area (Å²) in [6.45, 7) is 9.26. The minimum absolute atomic E-state index is 0.172. The second-order valence-electron chi connectivity index (χ2n) is 11.8. The maximum absolute atomic E-state index is 13.3. The zero-order valence-electron chi connectivity index (χ0n) is 27.1. The van der Waals surface area contributed by atoms with Crippen LogP contribution in [0.2, 0.25) is 0 Å². The number of cyclic esters (lactones) is 1. The number of amides is 3. The van der Waals surface area contributed by atoms with Crippen LogP contribution in [0.25, 0.3) is 0 Å². The molecule has 43 heavy (non-hydrogen) atoms. The van der Waals surface area contributed by atoms with E-state index in [1.165, 1.54) is 84.1 Å². The molecule has 0 saturated heterocycles. The Bertz CT molecular complexity index is 949. The molecule has 0 bridgehead atoms. The first-order valence-electron chi connectivity index (χ1n) is 16.0. The minimum atomic E-state index is -1.34. The summed E-state index contributed by atoms with van der Waals surface area (Å²) in [6.07, 6.45) is 16.8. The van der Waals surface area contributed by atoms with Crippen LogP contribution in [-0.2, 0) is 33.4 Å². The van der Waals surface area contributed by atoms with Gasteiger partial charge in [-0.2, -0.15) is 0 Å². The van der Waals surface area contributed by atoms with E-state index < -0.39 is 54.1 Å². The van der Waals surface area contributed by atoms with Crippen molar-refractivity contribution in [1.82, 2.24) is 15.5 Å². The molecule has 0 spiro atoms. The molecule has 0 saturated carbocycles. The van der Waals surface area contributed by atoms with Gasteiger partial charge in [-0.05, 0) is 18.4 Å². The Labute approximate surface area is 258 Å². The molecule has 1 rings (SSSR count). The molecule has 0 aromatic carbocycles. The summed E-state index contributed by atoms with van der Waals surface area (Å²) in [5.41, 5.74) is 0.195. The summed E-state index contributed by atoms with van der Waals surface area (Å²) in [5, 5.41) is 5.16. The molecule has 1 aliphatic heterocycles. The average molecular weight is 606 g/mol. The number of nitrogens with zero attached hydrogens (tertiary/aromatic N) is 1. The van der Waals surface area contributed by atoms with Gasteiger partial charge in [0, 0.05) is 18.8 Å². The van der Waals surface area contributed by atoms with Crippen molar-refractivity contribution in [3.8, 4) is 0 Å². The van der Waals surface area contributed by atoms with Gasteiger partial charge in [0.05, 0.1) is 26.0 Å². The molecule has 3 amide bonds. The number of methoxy groups -OCH3 is 1. The van der Waals surface area contributed by atoms with Crippen molar-refractivity contribution < 1.29 is 33.4 Å². The molecule has 1 aliphatic rings. The van der Waals surface area contributed by atoms with Crippen LogP contribution >= 0.6 is 0 Å². The molecule has 1 heterocycles. The van der Waals surface area contributed by atoms with Gasteiger partial charge in [-0.1, -0.05) is 104 Å². The van der Waals surface area contributed by atoms with Crippen LogP contribution in [0.4, 0.5) is 0 Å². The van der Waals surface area contributed by atoms with E-state index in [0.717, 1.165) is 30.6 Å². The second kappa shape index (κ2) is 21.5. The maximum Gasteiger partial charge on any atom is 0.329 e. The summed E-state index contributed by atoms with van der Waals surface area (Å²) in [6, 6.07) is -1.34. The highest BCUT2D eigenvalue weighted by molar-refractivity contribution is 5.93. The predicted octanol–water partition coefficient (Wildman–Crippen LogP) is 4.97. The highest BCUT2D eigenvalue weighted by Gasteiger charge is 2.35. The third-order valence-electron chi connectivity index (χ3n) is 7.92. The predicted molar refractivity (Wildman–Crippen MR) is 167 cm³/mol. The van der Waals surface area contributed by atoms with Crippen molar-refractivity contribution in [2.24, 2.45) is 11.8 Å². The number of carbonyl (C=O) groups excluding carboxylic acids is 5. The summed E-state index contributed by atoms with van der Waals surface area (Å²) < 4.78 is 10.6. The van der Waals surface area contributed by atoms with Crippen molar-refractivity contribution in [2.45, 2.75) is 123 Å². The SMILES string of the molecule is C=C1/C=C/C(=O)N(C)CC(=O)N[C@@H](CC(=O)OC)C(=O)O[C@@H]([C@H](C)CCCCCCCCCCCCCC)[C@H](C)C(=O)N1. The fraction of sp³-hybridized carbons (Fsp3) is 0.727. The Morgan fingerprint density at radius 3 is 2.12 bits per heavy atom. The molecule has 244 valence electrons. The van der Waals surface area contributed by atoms with E-state index in [1.54, 1.807) is 6.92 Å². The lowest BCUT2D eigenvalue weighted by Gasteiger charge is -2.30. The fourth-order valence-electron chi connectivity index (χ4n) is 5.14. The molecule has 0 unspecified atom stereocenters. The van der Waals surface area contributed by atoms with E-state index in [1.807, 2.05) is 6.92 Å². The number of esters is 2. The number of hydrogen-bond acceptors (Lipinski definition) is 7. The first-order chi connectivity index (χ1) is 20.5. The van der Waals surface area contributed by atoms with Crippen molar-refractivity contribution in [1.29, 1.82) is 0 Å². The zero-order chi connectivity index (χ0) is 32.2. The summed E-state index contributed by atoms with van der Waals surface area (Å²) in [7, 11) is 2.59. The highest BCUT2D eigenvalue weighted by Crippen LogP contribution is 2.25. The van der Waals surface area contributed by atoms with E-state index in [4.69, 9.17) is 9.47 Å². The van der Waals surface area contributed by atoms with E-state index in [-0.39, 0.29) is 18.2 Å². The molecule has 0 aliphatic carbocycles. The topological polar surface area (TPSA) is 131 Å². The molecular weight excluding hydrogens is 550 g/mol. The maximum atomic E-state index is 13.3. The van der Waals surface area contributed by atoms with Gasteiger partial charge < -0.3 is 25.0 Å². The summed E-state index contributed by atoms with van der Waals surface area (Å²) >= 11 is 0. The van der Waals surface area contributed by atoms with Crippen LogP contribution in [0, 0.1) is 11.8 Å². The lowest BCUT2D eigenvalue weighted by Crippen LogP contribution is -2.49. The molecule has 10 heteroatoms. The van der Waals surface area contributed by atoms with Gasteiger partial charge in [-0.3, -0.25) is 19.2 Å². The minimum Gasteiger partial charge on any atom is -0.469 e. The number of ether oxygens (including phenoxy) is 2. The number of hydrogen-bond donors (Lipinski definition) is 2. The number of nitrogens with one attached hydrogen (secondary N) is 2. The smallest absolute Gasteiger partial charge is 0.329 e. The van der Waals surface area contributed by atoms with Gasteiger partial charge >= 0.3 is 11.9 Å². The number of allylic oxidation sites excluding steroid dienone is 1. The average Bonchev–Trinajstić information content (AvgIpc) is 2.97. The van der Waals surface area contributed by atoms with Crippen molar-refractivity contribution in [3.63, 3.8) is 0 Å². The normalized spacial score (nSPS) is 22.1. The molecule has 2 N–H and O–H groups in total. The van der Waals surface area contributed by atoms with E-state index >= 15 is 0 Å². The first kappa shape index (κ1) is 37.9. The monoisotopic (exact) mass is 605 g/mol. The second-order valence-corrected chi connectivity index (χ2v) is 11.8. The van der Waals surface area contributed by atoms with E-state index in [0.29, 0.717) is 0 Å². The van der Waals surface area contributed by atoms with Gasteiger partial charge in [0.15, 0.2) is 0 Å². The summed E-state index contributed by atoms with van der Waals surface area (Å²) in [4.78, 5) is 64.7. The Morgan fingerprint density at radius 1 is 1.00 bits per heavy atom. The third kappa shape index (κ3) is 15.7.